The van der Waals surface area contributed by atoms with E-state index in [1.165, 1.54) is 17.5 Å². The molecule has 0 radical (unpaired) electrons. The first-order chi connectivity index (χ1) is 15.1. The fourth-order valence-electron chi connectivity index (χ4n) is 3.80. The highest BCUT2D eigenvalue weighted by Gasteiger charge is 2.21. The molecule has 1 aromatic heterocycles. The van der Waals surface area contributed by atoms with Gasteiger partial charge in [-0.1, -0.05) is 24.3 Å². The molecule has 1 atom stereocenters. The van der Waals surface area contributed by atoms with Crippen LogP contribution in [-0.4, -0.2) is 17.9 Å². The molecule has 3 aromatic rings. The quantitative estimate of drug-likeness (QED) is 0.592. The molecular formula is C25H26N2O4. The maximum Gasteiger partial charge on any atom is 0.265 e. The molecule has 0 aliphatic heterocycles. The number of aryl methyl sites for hydroxylation is 1. The van der Waals surface area contributed by atoms with Crippen molar-refractivity contribution in [3.05, 3.63) is 83.3 Å². The Morgan fingerprint density at radius 1 is 1.03 bits per heavy atom. The summed E-state index contributed by atoms with van der Waals surface area (Å²) in [4.78, 5) is 25.4. The zero-order valence-corrected chi connectivity index (χ0v) is 17.5. The van der Waals surface area contributed by atoms with Gasteiger partial charge >= 0.3 is 0 Å². The molecule has 1 aliphatic carbocycles. The van der Waals surface area contributed by atoms with Crippen LogP contribution in [0.15, 0.2) is 65.3 Å². The molecule has 0 spiro atoms. The third kappa shape index (κ3) is 4.97. The molecule has 0 unspecified atom stereocenters. The maximum absolute atomic E-state index is 12.8. The number of furan rings is 1. The lowest BCUT2D eigenvalue weighted by Crippen LogP contribution is -2.32. The summed E-state index contributed by atoms with van der Waals surface area (Å²) in [6.07, 6.45) is 5.19. The van der Waals surface area contributed by atoms with E-state index < -0.39 is 6.10 Å². The number of para-hydroxylation sites is 1. The molecule has 6 heteroatoms. The summed E-state index contributed by atoms with van der Waals surface area (Å²) in [5.74, 6) is 0.824. The summed E-state index contributed by atoms with van der Waals surface area (Å²) in [5.41, 5.74) is 3.32. The number of rotatable bonds is 7. The first kappa shape index (κ1) is 20.7. The highest BCUT2D eigenvalue weighted by molar-refractivity contribution is 6.04. The lowest BCUT2D eigenvalue weighted by Gasteiger charge is -2.22. The number of carbonyl (C=O) groups is 2. The Morgan fingerprint density at radius 2 is 1.87 bits per heavy atom. The highest BCUT2D eigenvalue weighted by Crippen LogP contribution is 2.30. The number of amides is 2. The van der Waals surface area contributed by atoms with E-state index in [2.05, 4.69) is 16.7 Å². The molecule has 4 rings (SSSR count). The van der Waals surface area contributed by atoms with Gasteiger partial charge in [0.2, 0.25) is 0 Å². The van der Waals surface area contributed by atoms with Gasteiger partial charge in [0.1, 0.15) is 11.5 Å². The van der Waals surface area contributed by atoms with Gasteiger partial charge in [0.05, 0.1) is 24.1 Å². The van der Waals surface area contributed by atoms with E-state index in [1.54, 1.807) is 49.6 Å². The first-order valence-corrected chi connectivity index (χ1v) is 10.6. The van der Waals surface area contributed by atoms with Gasteiger partial charge in [0.25, 0.3) is 11.8 Å². The van der Waals surface area contributed by atoms with Crippen LogP contribution in [0.25, 0.3) is 0 Å². The van der Waals surface area contributed by atoms with Gasteiger partial charge in [-0.3, -0.25) is 9.59 Å². The van der Waals surface area contributed by atoms with Crippen molar-refractivity contribution in [1.82, 2.24) is 5.32 Å². The van der Waals surface area contributed by atoms with E-state index in [1.807, 2.05) is 12.1 Å². The topological polar surface area (TPSA) is 80.6 Å². The van der Waals surface area contributed by atoms with E-state index >= 15 is 0 Å². The highest BCUT2D eigenvalue weighted by atomic mass is 16.5. The van der Waals surface area contributed by atoms with Crippen LogP contribution in [0.1, 0.15) is 47.0 Å². The second-order valence-corrected chi connectivity index (χ2v) is 7.66. The lowest BCUT2D eigenvalue weighted by atomic mass is 9.91. The van der Waals surface area contributed by atoms with Gasteiger partial charge in [-0.15, -0.1) is 0 Å². The summed E-state index contributed by atoms with van der Waals surface area (Å²) in [6.45, 7) is 1.99. The Labute approximate surface area is 181 Å². The van der Waals surface area contributed by atoms with Crippen molar-refractivity contribution in [3.8, 4) is 5.75 Å². The fraction of sp³-hybridized carbons (Fsp3) is 0.280. The number of anilines is 1. The first-order valence-electron chi connectivity index (χ1n) is 10.6. The van der Waals surface area contributed by atoms with E-state index in [9.17, 15) is 9.59 Å². The number of carbonyl (C=O) groups excluding carboxylic acids is 2. The summed E-state index contributed by atoms with van der Waals surface area (Å²) in [5, 5.41) is 5.64. The van der Waals surface area contributed by atoms with E-state index in [-0.39, 0.29) is 18.4 Å². The van der Waals surface area contributed by atoms with Crippen LogP contribution in [0.3, 0.4) is 0 Å². The van der Waals surface area contributed by atoms with E-state index in [0.29, 0.717) is 17.0 Å². The standard InChI is InChI=1S/C25H26N2O4/c1-17(31-23-14-6-9-18-8-2-3-11-20(18)23)24(28)27-22-13-5-4-12-21(22)25(29)26-16-19-10-7-15-30-19/h4-7,9-10,12-15,17H,2-3,8,11,16H2,1H3,(H,26,29)(H,27,28)/t17-/m0/s1. The van der Waals surface area contributed by atoms with Crippen LogP contribution in [0.4, 0.5) is 5.69 Å². The molecule has 2 amide bonds. The molecule has 31 heavy (non-hydrogen) atoms. The normalized spacial score (nSPS) is 13.7. The molecule has 0 saturated heterocycles. The molecular weight excluding hydrogens is 392 g/mol. The zero-order chi connectivity index (χ0) is 21.6. The van der Waals surface area contributed by atoms with Gasteiger partial charge in [-0.2, -0.15) is 0 Å². The molecule has 160 valence electrons. The van der Waals surface area contributed by atoms with Gasteiger partial charge in [-0.25, -0.2) is 0 Å². The molecule has 0 saturated carbocycles. The summed E-state index contributed by atoms with van der Waals surface area (Å²) >= 11 is 0. The predicted molar refractivity (Wildman–Crippen MR) is 118 cm³/mol. The van der Waals surface area contributed by atoms with Crippen molar-refractivity contribution in [2.75, 3.05) is 5.32 Å². The van der Waals surface area contributed by atoms with Gasteiger partial charge in [0, 0.05) is 0 Å². The smallest absolute Gasteiger partial charge is 0.265 e. The Kier molecular flexibility index (Phi) is 6.36. The third-order valence-electron chi connectivity index (χ3n) is 5.46. The maximum atomic E-state index is 12.8. The predicted octanol–water partition coefficient (Wildman–Crippen LogP) is 4.49. The minimum Gasteiger partial charge on any atom is -0.481 e. The minimum atomic E-state index is -0.701. The number of benzene rings is 2. The van der Waals surface area contributed by atoms with Crippen LogP contribution >= 0.6 is 0 Å². The summed E-state index contributed by atoms with van der Waals surface area (Å²) < 4.78 is 11.3. The monoisotopic (exact) mass is 418 g/mol. The SMILES string of the molecule is C[C@H](Oc1cccc2c1CCCC2)C(=O)Nc1ccccc1C(=O)NCc1ccco1. The molecule has 2 aromatic carbocycles. The van der Waals surface area contributed by atoms with Crippen molar-refractivity contribution >= 4 is 17.5 Å². The Hall–Kier alpha value is -3.54. The fourth-order valence-corrected chi connectivity index (χ4v) is 3.80. The molecule has 0 bridgehead atoms. The molecule has 0 fully saturated rings. The average molecular weight is 418 g/mol. The number of fused-ring (bicyclic) bond motifs is 1. The number of ether oxygens (including phenoxy) is 1. The third-order valence-corrected chi connectivity index (χ3v) is 5.46. The van der Waals surface area contributed by atoms with Crippen molar-refractivity contribution in [2.45, 2.75) is 45.3 Å². The van der Waals surface area contributed by atoms with Crippen LogP contribution in [0.5, 0.6) is 5.75 Å². The van der Waals surface area contributed by atoms with Crippen molar-refractivity contribution in [3.63, 3.8) is 0 Å². The van der Waals surface area contributed by atoms with Crippen LogP contribution in [0.2, 0.25) is 0 Å². The average Bonchev–Trinajstić information content (AvgIpc) is 3.32. The number of hydrogen-bond donors (Lipinski definition) is 2. The second kappa shape index (κ2) is 9.51. The molecule has 1 heterocycles. The molecule has 2 N–H and O–H groups in total. The van der Waals surface area contributed by atoms with E-state index in [0.717, 1.165) is 25.0 Å². The van der Waals surface area contributed by atoms with Gasteiger partial charge in [0.15, 0.2) is 6.10 Å². The molecule has 1 aliphatic rings. The number of hydrogen-bond acceptors (Lipinski definition) is 4. The van der Waals surface area contributed by atoms with Crippen LogP contribution in [-0.2, 0) is 24.2 Å². The summed E-state index contributed by atoms with van der Waals surface area (Å²) in [6, 6.07) is 16.5. The lowest BCUT2D eigenvalue weighted by molar-refractivity contribution is -0.122. The van der Waals surface area contributed by atoms with E-state index in [4.69, 9.17) is 9.15 Å². The Morgan fingerprint density at radius 3 is 2.71 bits per heavy atom. The Bertz CT molecular complexity index is 1060. The molecule has 6 nitrogen and oxygen atoms in total. The number of nitrogens with one attached hydrogen (secondary N) is 2. The summed E-state index contributed by atoms with van der Waals surface area (Å²) in [7, 11) is 0. The van der Waals surface area contributed by atoms with Gasteiger partial charge < -0.3 is 19.8 Å². The van der Waals surface area contributed by atoms with Gasteiger partial charge in [-0.05, 0) is 74.1 Å². The van der Waals surface area contributed by atoms with Crippen LogP contribution in [0, 0.1) is 0 Å². The van der Waals surface area contributed by atoms with Crippen molar-refractivity contribution < 1.29 is 18.7 Å². The zero-order valence-electron chi connectivity index (χ0n) is 17.5. The van der Waals surface area contributed by atoms with Crippen molar-refractivity contribution in [1.29, 1.82) is 0 Å². The van der Waals surface area contributed by atoms with Crippen molar-refractivity contribution in [2.24, 2.45) is 0 Å². The van der Waals surface area contributed by atoms with Crippen LogP contribution < -0.4 is 15.4 Å². The second-order valence-electron chi connectivity index (χ2n) is 7.66. The largest absolute Gasteiger partial charge is 0.481 e. The Balaban J connectivity index is 1.42. The minimum absolute atomic E-state index is 0.271.